The second kappa shape index (κ2) is 5.36. The van der Waals surface area contributed by atoms with E-state index in [1.807, 2.05) is 24.3 Å². The summed E-state index contributed by atoms with van der Waals surface area (Å²) < 4.78 is 3.35. The summed E-state index contributed by atoms with van der Waals surface area (Å²) in [7, 11) is 3.02. The molecule has 0 spiro atoms. The lowest BCUT2D eigenvalue weighted by Gasteiger charge is -2.04. The highest BCUT2D eigenvalue weighted by Crippen LogP contribution is 2.10. The predicted molar refractivity (Wildman–Crippen MR) is 78.3 cm³/mol. The number of nitrogens with zero attached hydrogens (tertiary/aromatic N) is 3. The first-order valence-electron chi connectivity index (χ1n) is 5.56. The molecule has 0 unspecified atom stereocenters. The van der Waals surface area contributed by atoms with Gasteiger partial charge >= 0.3 is 5.69 Å². The highest BCUT2D eigenvalue weighted by Gasteiger charge is 2.03. The van der Waals surface area contributed by atoms with Crippen molar-refractivity contribution < 1.29 is 0 Å². The Morgan fingerprint density at radius 2 is 1.74 bits per heavy atom. The minimum Gasteiger partial charge on any atom is -0.281 e. The number of aliphatic imine (C=N–C) groups is 1. The number of rotatable bonds is 2. The fourth-order valence-electron chi connectivity index (χ4n) is 1.53. The molecule has 2 rings (SSSR count). The van der Waals surface area contributed by atoms with Crippen molar-refractivity contribution in [2.45, 2.75) is 0 Å². The van der Waals surface area contributed by atoms with Crippen molar-refractivity contribution in [3.63, 3.8) is 0 Å². The van der Waals surface area contributed by atoms with Crippen LogP contribution < -0.4 is 11.2 Å². The van der Waals surface area contributed by atoms with Crippen molar-refractivity contribution >= 4 is 28.0 Å². The maximum Gasteiger partial charge on any atom is 0.332 e. The molecule has 0 aliphatic heterocycles. The first-order valence-corrected chi connectivity index (χ1v) is 6.35. The van der Waals surface area contributed by atoms with Gasteiger partial charge in [0.2, 0.25) is 0 Å². The molecule has 0 radical (unpaired) electrons. The third kappa shape index (κ3) is 2.90. The summed E-state index contributed by atoms with van der Waals surface area (Å²) in [5.74, 6) is 0.330. The van der Waals surface area contributed by atoms with E-state index in [4.69, 9.17) is 0 Å². The minimum atomic E-state index is -0.393. The Labute approximate surface area is 118 Å². The number of halogens is 1. The smallest absolute Gasteiger partial charge is 0.281 e. The molecule has 98 valence electrons. The molecule has 0 saturated carbocycles. The van der Waals surface area contributed by atoms with Crippen LogP contribution in [0.25, 0.3) is 0 Å². The largest absolute Gasteiger partial charge is 0.332 e. The van der Waals surface area contributed by atoms with Crippen LogP contribution in [0.3, 0.4) is 0 Å². The molecule has 0 amide bonds. The van der Waals surface area contributed by atoms with E-state index in [9.17, 15) is 9.59 Å². The second-order valence-corrected chi connectivity index (χ2v) is 4.97. The van der Waals surface area contributed by atoms with Crippen LogP contribution in [0.2, 0.25) is 0 Å². The third-order valence-electron chi connectivity index (χ3n) is 2.72. The zero-order chi connectivity index (χ0) is 14.0. The van der Waals surface area contributed by atoms with Gasteiger partial charge in [0.05, 0.1) is 0 Å². The number of aromatic nitrogens is 2. The van der Waals surface area contributed by atoms with Crippen molar-refractivity contribution in [2.75, 3.05) is 0 Å². The number of hydrogen-bond donors (Lipinski definition) is 0. The van der Waals surface area contributed by atoms with Gasteiger partial charge in [0.1, 0.15) is 5.82 Å². The van der Waals surface area contributed by atoms with Gasteiger partial charge in [-0.1, -0.05) is 28.1 Å². The van der Waals surface area contributed by atoms with E-state index < -0.39 is 5.69 Å². The summed E-state index contributed by atoms with van der Waals surface area (Å²) >= 11 is 3.35. The Bertz CT molecular complexity index is 742. The minimum absolute atomic E-state index is 0.330. The van der Waals surface area contributed by atoms with Crippen molar-refractivity contribution in [1.82, 2.24) is 9.13 Å². The predicted octanol–water partition coefficient (Wildman–Crippen LogP) is 1.60. The zero-order valence-electron chi connectivity index (χ0n) is 10.5. The average Bonchev–Trinajstić information content (AvgIpc) is 2.41. The molecular formula is C13H12BrN3O2. The van der Waals surface area contributed by atoms with Gasteiger partial charge in [0, 0.05) is 30.8 Å². The van der Waals surface area contributed by atoms with E-state index in [0.29, 0.717) is 5.82 Å². The van der Waals surface area contributed by atoms with Gasteiger partial charge in [-0.3, -0.25) is 13.9 Å². The third-order valence-corrected chi connectivity index (χ3v) is 3.25. The summed E-state index contributed by atoms with van der Waals surface area (Å²) in [6.07, 6.45) is 1.61. The Morgan fingerprint density at radius 1 is 1.11 bits per heavy atom. The highest BCUT2D eigenvalue weighted by molar-refractivity contribution is 9.10. The Kier molecular flexibility index (Phi) is 3.80. The van der Waals surface area contributed by atoms with E-state index in [2.05, 4.69) is 20.9 Å². The van der Waals surface area contributed by atoms with Gasteiger partial charge in [-0.25, -0.2) is 9.79 Å². The van der Waals surface area contributed by atoms with Gasteiger partial charge in [0.25, 0.3) is 5.56 Å². The lowest BCUT2D eigenvalue weighted by Crippen LogP contribution is -2.35. The van der Waals surface area contributed by atoms with Crippen LogP contribution in [0, 0.1) is 0 Å². The van der Waals surface area contributed by atoms with Gasteiger partial charge in [0.15, 0.2) is 0 Å². The fraction of sp³-hybridized carbons (Fsp3) is 0.154. The Morgan fingerprint density at radius 3 is 2.37 bits per heavy atom. The molecule has 1 aromatic heterocycles. The van der Waals surface area contributed by atoms with Crippen LogP contribution in [-0.2, 0) is 14.1 Å². The van der Waals surface area contributed by atoms with Gasteiger partial charge in [-0.2, -0.15) is 0 Å². The summed E-state index contributed by atoms with van der Waals surface area (Å²) in [4.78, 5) is 27.4. The molecular weight excluding hydrogens is 310 g/mol. The molecule has 0 fully saturated rings. The maximum absolute atomic E-state index is 11.7. The van der Waals surface area contributed by atoms with E-state index in [1.165, 1.54) is 17.7 Å². The van der Waals surface area contributed by atoms with Crippen LogP contribution in [0.4, 0.5) is 5.82 Å². The van der Waals surface area contributed by atoms with Crippen LogP contribution in [0.15, 0.2) is 49.4 Å². The van der Waals surface area contributed by atoms with Crippen LogP contribution in [0.1, 0.15) is 5.56 Å². The lowest BCUT2D eigenvalue weighted by atomic mass is 10.2. The topological polar surface area (TPSA) is 56.4 Å². The Hall–Kier alpha value is -1.95. The van der Waals surface area contributed by atoms with E-state index >= 15 is 0 Å². The molecule has 0 aliphatic carbocycles. The summed E-state index contributed by atoms with van der Waals surface area (Å²) in [6.45, 7) is 0. The van der Waals surface area contributed by atoms with E-state index in [1.54, 1.807) is 13.3 Å². The number of benzene rings is 1. The van der Waals surface area contributed by atoms with Gasteiger partial charge in [-0.05, 0) is 17.7 Å². The molecule has 0 aliphatic rings. The van der Waals surface area contributed by atoms with E-state index in [-0.39, 0.29) is 5.56 Å². The molecule has 0 bridgehead atoms. The highest BCUT2D eigenvalue weighted by atomic mass is 79.9. The lowest BCUT2D eigenvalue weighted by molar-refractivity contribution is 0.689. The Balaban J connectivity index is 2.42. The van der Waals surface area contributed by atoms with Crippen molar-refractivity contribution in [3.8, 4) is 0 Å². The molecule has 19 heavy (non-hydrogen) atoms. The molecule has 1 heterocycles. The number of hydrogen-bond acceptors (Lipinski definition) is 3. The molecule has 2 aromatic rings. The van der Waals surface area contributed by atoms with E-state index in [0.717, 1.165) is 14.6 Å². The van der Waals surface area contributed by atoms with Gasteiger partial charge < -0.3 is 0 Å². The molecule has 1 aromatic carbocycles. The summed E-state index contributed by atoms with van der Waals surface area (Å²) in [5, 5.41) is 0. The summed E-state index contributed by atoms with van der Waals surface area (Å²) in [6, 6.07) is 8.88. The molecule has 0 N–H and O–H groups in total. The quantitative estimate of drug-likeness (QED) is 0.789. The first-order chi connectivity index (χ1) is 8.99. The standard InChI is InChI=1S/C13H12BrN3O2/c1-16-11(7-12(18)17(2)13(16)19)15-8-9-3-5-10(14)6-4-9/h3-8H,1-2H3/b15-8-. The van der Waals surface area contributed by atoms with Gasteiger partial charge in [-0.15, -0.1) is 0 Å². The normalized spacial score (nSPS) is 11.1. The molecule has 5 nitrogen and oxygen atoms in total. The molecule has 0 atom stereocenters. The summed E-state index contributed by atoms with van der Waals surface area (Å²) in [5.41, 5.74) is 0.123. The molecule has 0 saturated heterocycles. The van der Waals surface area contributed by atoms with Crippen LogP contribution in [-0.4, -0.2) is 15.3 Å². The average molecular weight is 322 g/mol. The van der Waals surface area contributed by atoms with Crippen molar-refractivity contribution in [3.05, 3.63) is 61.2 Å². The SMILES string of the molecule is Cn1c(/N=C\c2ccc(Br)cc2)cc(=O)n(C)c1=O. The zero-order valence-corrected chi connectivity index (χ0v) is 12.1. The van der Waals surface area contributed by atoms with Crippen molar-refractivity contribution in [2.24, 2.45) is 19.1 Å². The first kappa shape index (κ1) is 13.5. The second-order valence-electron chi connectivity index (χ2n) is 4.05. The monoisotopic (exact) mass is 321 g/mol. The van der Waals surface area contributed by atoms with Crippen molar-refractivity contribution in [1.29, 1.82) is 0 Å². The van der Waals surface area contributed by atoms with Crippen LogP contribution >= 0.6 is 15.9 Å². The maximum atomic E-state index is 11.7. The fourth-order valence-corrected chi connectivity index (χ4v) is 1.80. The molecule has 6 heteroatoms. The van der Waals surface area contributed by atoms with Crippen LogP contribution in [0.5, 0.6) is 0 Å².